The summed E-state index contributed by atoms with van der Waals surface area (Å²) in [5.74, 6) is -0.648. The van der Waals surface area contributed by atoms with Crippen LogP contribution in [0.15, 0.2) is 12.2 Å². The van der Waals surface area contributed by atoms with Crippen molar-refractivity contribution < 1.29 is 19.0 Å². The molecule has 1 aliphatic carbocycles. The smallest absolute Gasteiger partial charge is 0.192 e. The quantitative estimate of drug-likeness (QED) is 0.643. The summed E-state index contributed by atoms with van der Waals surface area (Å²) in [5, 5.41) is 11.0. The average molecular weight is 300 g/mol. The van der Waals surface area contributed by atoms with E-state index in [9.17, 15) is 5.11 Å². The fourth-order valence-electron chi connectivity index (χ4n) is 2.32. The molecular formula is C15H28O4Si. The Morgan fingerprint density at radius 1 is 1.25 bits per heavy atom. The number of hydrogen-bond acceptors (Lipinski definition) is 4. The fourth-order valence-corrected chi connectivity index (χ4v) is 3.34. The van der Waals surface area contributed by atoms with Gasteiger partial charge in [-0.2, -0.15) is 0 Å². The molecule has 2 aliphatic rings. The molecule has 0 amide bonds. The van der Waals surface area contributed by atoms with Crippen LogP contribution in [0.2, 0.25) is 18.1 Å². The second-order valence-electron chi connectivity index (χ2n) is 7.92. The maximum absolute atomic E-state index is 10.8. The van der Waals surface area contributed by atoms with Gasteiger partial charge in [-0.25, -0.2) is 0 Å². The van der Waals surface area contributed by atoms with E-state index in [1.54, 1.807) is 6.08 Å². The van der Waals surface area contributed by atoms with Gasteiger partial charge in [0.25, 0.3) is 0 Å². The molecular weight excluding hydrogens is 272 g/mol. The van der Waals surface area contributed by atoms with E-state index in [0.29, 0.717) is 0 Å². The Balaban J connectivity index is 2.05. The van der Waals surface area contributed by atoms with Crippen LogP contribution < -0.4 is 0 Å². The van der Waals surface area contributed by atoms with E-state index in [2.05, 4.69) is 33.9 Å². The maximum Gasteiger partial charge on any atom is 0.192 e. The van der Waals surface area contributed by atoms with Gasteiger partial charge >= 0.3 is 0 Å². The van der Waals surface area contributed by atoms with Gasteiger partial charge in [0.05, 0.1) is 6.61 Å². The Hall–Kier alpha value is -0.203. The largest absolute Gasteiger partial charge is 0.413 e. The van der Waals surface area contributed by atoms with Crippen molar-refractivity contribution in [1.29, 1.82) is 0 Å². The first-order chi connectivity index (χ1) is 8.86. The minimum Gasteiger partial charge on any atom is -0.413 e. The first kappa shape index (κ1) is 16.2. The van der Waals surface area contributed by atoms with Gasteiger partial charge in [0.15, 0.2) is 14.1 Å². The van der Waals surface area contributed by atoms with Crippen molar-refractivity contribution in [3.63, 3.8) is 0 Å². The standard InChI is InChI=1S/C15H28O4Si/c1-13(2,3)20(6,7)17-10-15(16)9-8-11-12(15)19-14(4,5)18-11/h8-9,11-12,16H,10H2,1-7H3/t11-,12-,15-/m0/s1. The Morgan fingerprint density at radius 3 is 2.40 bits per heavy atom. The molecule has 5 heteroatoms. The lowest BCUT2D eigenvalue weighted by atomic mass is 10.0. The van der Waals surface area contributed by atoms with E-state index in [0.717, 1.165) is 0 Å². The molecule has 0 aromatic heterocycles. The van der Waals surface area contributed by atoms with Gasteiger partial charge < -0.3 is 19.0 Å². The van der Waals surface area contributed by atoms with Crippen molar-refractivity contribution >= 4 is 8.32 Å². The summed E-state index contributed by atoms with van der Waals surface area (Å²) in [6.45, 7) is 14.9. The molecule has 4 nitrogen and oxygen atoms in total. The summed E-state index contributed by atoms with van der Waals surface area (Å²) in [6.07, 6.45) is 3.10. The van der Waals surface area contributed by atoms with Gasteiger partial charge in [0.1, 0.15) is 17.8 Å². The van der Waals surface area contributed by atoms with Crippen LogP contribution in [0.25, 0.3) is 0 Å². The molecule has 1 N–H and O–H groups in total. The van der Waals surface area contributed by atoms with Crippen molar-refractivity contribution in [3.05, 3.63) is 12.2 Å². The van der Waals surface area contributed by atoms with Crippen LogP contribution in [0.3, 0.4) is 0 Å². The molecule has 1 saturated heterocycles. The molecule has 0 unspecified atom stereocenters. The second-order valence-corrected chi connectivity index (χ2v) is 12.7. The van der Waals surface area contributed by atoms with Crippen molar-refractivity contribution in [3.8, 4) is 0 Å². The topological polar surface area (TPSA) is 47.9 Å². The molecule has 0 spiro atoms. The zero-order valence-electron chi connectivity index (χ0n) is 13.7. The third kappa shape index (κ3) is 2.87. The molecule has 20 heavy (non-hydrogen) atoms. The first-order valence-electron chi connectivity index (χ1n) is 7.28. The zero-order chi connectivity index (χ0) is 15.4. The van der Waals surface area contributed by atoms with Gasteiger partial charge in [-0.15, -0.1) is 0 Å². The van der Waals surface area contributed by atoms with Crippen LogP contribution in [0, 0.1) is 0 Å². The second kappa shape index (κ2) is 4.65. The first-order valence-corrected chi connectivity index (χ1v) is 10.2. The molecule has 0 bridgehead atoms. The SMILES string of the molecule is CC1(C)O[C@H]2C=C[C@](O)(CO[Si](C)(C)C(C)(C)C)[C@H]2O1. The Morgan fingerprint density at radius 2 is 1.85 bits per heavy atom. The van der Waals surface area contributed by atoms with Gasteiger partial charge in [-0.1, -0.05) is 26.8 Å². The predicted octanol–water partition coefficient (Wildman–Crippen LogP) is 2.83. The maximum atomic E-state index is 10.8. The lowest BCUT2D eigenvalue weighted by Crippen LogP contribution is -2.51. The summed E-state index contributed by atoms with van der Waals surface area (Å²) in [4.78, 5) is 0. The van der Waals surface area contributed by atoms with Crippen LogP contribution in [0.1, 0.15) is 34.6 Å². The van der Waals surface area contributed by atoms with Gasteiger partial charge in [0.2, 0.25) is 0 Å². The molecule has 0 aromatic rings. The summed E-state index contributed by atoms with van der Waals surface area (Å²) in [7, 11) is -1.89. The van der Waals surface area contributed by atoms with E-state index >= 15 is 0 Å². The van der Waals surface area contributed by atoms with Crippen LogP contribution in [-0.2, 0) is 13.9 Å². The molecule has 0 radical (unpaired) electrons. The summed E-state index contributed by atoms with van der Waals surface area (Å²) >= 11 is 0. The molecule has 1 aliphatic heterocycles. The Bertz CT molecular complexity index is 411. The molecule has 0 aromatic carbocycles. The number of fused-ring (bicyclic) bond motifs is 1. The van der Waals surface area contributed by atoms with Crippen LogP contribution >= 0.6 is 0 Å². The molecule has 1 heterocycles. The average Bonchev–Trinajstić information content (AvgIpc) is 2.71. The Kier molecular flexibility index (Phi) is 3.76. The number of aliphatic hydroxyl groups is 1. The van der Waals surface area contributed by atoms with E-state index in [1.807, 2.05) is 19.9 Å². The van der Waals surface area contributed by atoms with Crippen LogP contribution in [-0.4, -0.2) is 43.6 Å². The van der Waals surface area contributed by atoms with Crippen LogP contribution in [0.4, 0.5) is 0 Å². The van der Waals surface area contributed by atoms with Crippen molar-refractivity contribution in [2.24, 2.45) is 0 Å². The molecule has 0 saturated carbocycles. The third-order valence-electron chi connectivity index (χ3n) is 4.67. The normalized spacial score (nSPS) is 36.4. The number of hydrogen-bond donors (Lipinski definition) is 1. The van der Waals surface area contributed by atoms with Crippen molar-refractivity contribution in [2.75, 3.05) is 6.61 Å². The summed E-state index contributed by atoms with van der Waals surface area (Å²) in [5.41, 5.74) is -1.09. The van der Waals surface area contributed by atoms with Crippen LogP contribution in [0.5, 0.6) is 0 Å². The monoisotopic (exact) mass is 300 g/mol. The minimum absolute atomic E-state index is 0.122. The van der Waals surface area contributed by atoms with E-state index in [4.69, 9.17) is 13.9 Å². The minimum atomic E-state index is -1.89. The zero-order valence-corrected chi connectivity index (χ0v) is 14.7. The molecule has 116 valence electrons. The van der Waals surface area contributed by atoms with Crippen molar-refractivity contribution in [2.45, 2.75) is 76.3 Å². The molecule has 1 fully saturated rings. The number of rotatable bonds is 3. The van der Waals surface area contributed by atoms with Crippen molar-refractivity contribution in [1.82, 2.24) is 0 Å². The third-order valence-corrected chi connectivity index (χ3v) is 9.15. The van der Waals surface area contributed by atoms with E-state index in [1.165, 1.54) is 0 Å². The lowest BCUT2D eigenvalue weighted by molar-refractivity contribution is -0.168. The summed E-state index contributed by atoms with van der Waals surface area (Å²) < 4.78 is 17.8. The highest BCUT2D eigenvalue weighted by Gasteiger charge is 2.54. The van der Waals surface area contributed by atoms with E-state index < -0.39 is 19.7 Å². The van der Waals surface area contributed by atoms with Gasteiger partial charge in [-0.05, 0) is 38.1 Å². The predicted molar refractivity (Wildman–Crippen MR) is 81.1 cm³/mol. The lowest BCUT2D eigenvalue weighted by Gasteiger charge is -2.39. The number of ether oxygens (including phenoxy) is 2. The van der Waals surface area contributed by atoms with Gasteiger partial charge in [0, 0.05) is 0 Å². The summed E-state index contributed by atoms with van der Waals surface area (Å²) in [6, 6.07) is 0. The Labute approximate surface area is 123 Å². The molecule has 2 rings (SSSR count). The van der Waals surface area contributed by atoms with Gasteiger partial charge in [-0.3, -0.25) is 0 Å². The highest BCUT2D eigenvalue weighted by atomic mass is 28.4. The highest BCUT2D eigenvalue weighted by Crippen LogP contribution is 2.42. The highest BCUT2D eigenvalue weighted by molar-refractivity contribution is 6.74. The molecule has 3 atom stereocenters. The van der Waals surface area contributed by atoms with E-state index in [-0.39, 0.29) is 23.9 Å². The fraction of sp³-hybridized carbons (Fsp3) is 0.867.